The van der Waals surface area contributed by atoms with Crippen LogP contribution in [0.4, 0.5) is 0 Å². The van der Waals surface area contributed by atoms with Gasteiger partial charge in [-0.25, -0.2) is 8.42 Å². The zero-order valence-electron chi connectivity index (χ0n) is 13.3. The molecule has 2 heterocycles. The summed E-state index contributed by atoms with van der Waals surface area (Å²) in [6.45, 7) is 6.94. The van der Waals surface area contributed by atoms with Crippen LogP contribution in [0.15, 0.2) is 0 Å². The molecule has 0 spiro atoms. The van der Waals surface area contributed by atoms with Crippen LogP contribution < -0.4 is 5.32 Å². The molecule has 1 unspecified atom stereocenters. The molecule has 0 saturated carbocycles. The summed E-state index contributed by atoms with van der Waals surface area (Å²) in [5, 5.41) is 3.24. The number of hydrogen-bond donors (Lipinski definition) is 1. The van der Waals surface area contributed by atoms with Crippen LogP contribution in [0.5, 0.6) is 0 Å². The molecule has 2 fully saturated rings. The Kier molecular flexibility index (Phi) is 8.10. The van der Waals surface area contributed by atoms with Crippen LogP contribution in [-0.4, -0.2) is 80.9 Å². The van der Waals surface area contributed by atoms with Crippen molar-refractivity contribution in [3.63, 3.8) is 0 Å². The minimum absolute atomic E-state index is 0. The zero-order valence-corrected chi connectivity index (χ0v) is 14.9. The van der Waals surface area contributed by atoms with Gasteiger partial charge in [-0.2, -0.15) is 0 Å². The quantitative estimate of drug-likeness (QED) is 0.735. The van der Waals surface area contributed by atoms with Crippen molar-refractivity contribution in [3.8, 4) is 0 Å². The molecule has 2 aliphatic rings. The molecule has 8 heteroatoms. The topological polar surface area (TPSA) is 69.7 Å². The molecule has 1 N–H and O–H groups in total. The second-order valence-corrected chi connectivity index (χ2v) is 8.20. The van der Waals surface area contributed by atoms with E-state index in [1.807, 2.05) is 4.90 Å². The third-order valence-corrected chi connectivity index (χ3v) is 6.07. The lowest BCUT2D eigenvalue weighted by atomic mass is 10.2. The second-order valence-electron chi connectivity index (χ2n) is 5.97. The maximum atomic E-state index is 12.2. The summed E-state index contributed by atoms with van der Waals surface area (Å²) in [6, 6.07) is 0.103. The standard InChI is InChI=1S/C14H27N3O3S.ClH/c1-2-7-16(13-4-11-21(19,20)12-13)8-3-14(18)17-9-5-15-6-10-17;/h13,15H,2-12H2,1H3;1H. The molecule has 6 nitrogen and oxygen atoms in total. The van der Waals surface area contributed by atoms with Gasteiger partial charge in [0.15, 0.2) is 9.84 Å². The van der Waals surface area contributed by atoms with E-state index in [1.54, 1.807) is 0 Å². The van der Waals surface area contributed by atoms with E-state index in [0.717, 1.165) is 39.1 Å². The van der Waals surface area contributed by atoms with Crippen LogP contribution in [0.2, 0.25) is 0 Å². The van der Waals surface area contributed by atoms with E-state index in [2.05, 4.69) is 17.1 Å². The Morgan fingerprint density at radius 1 is 1.27 bits per heavy atom. The van der Waals surface area contributed by atoms with Gasteiger partial charge in [-0.1, -0.05) is 6.92 Å². The highest BCUT2D eigenvalue weighted by Gasteiger charge is 2.32. The average Bonchev–Trinajstić information content (AvgIpc) is 2.84. The monoisotopic (exact) mass is 353 g/mol. The van der Waals surface area contributed by atoms with E-state index in [1.165, 1.54) is 0 Å². The normalized spacial score (nSPS) is 24.3. The molecule has 2 saturated heterocycles. The summed E-state index contributed by atoms with van der Waals surface area (Å²) in [5.74, 6) is 0.747. The fraction of sp³-hybridized carbons (Fsp3) is 0.929. The van der Waals surface area contributed by atoms with Crippen LogP contribution in [0.3, 0.4) is 0 Å². The van der Waals surface area contributed by atoms with Gasteiger partial charge in [0.25, 0.3) is 0 Å². The van der Waals surface area contributed by atoms with E-state index in [9.17, 15) is 13.2 Å². The number of rotatable bonds is 6. The van der Waals surface area contributed by atoms with Crippen molar-refractivity contribution in [2.75, 3.05) is 50.8 Å². The Bertz CT molecular complexity index is 452. The van der Waals surface area contributed by atoms with Crippen molar-refractivity contribution in [1.82, 2.24) is 15.1 Å². The minimum Gasteiger partial charge on any atom is -0.340 e. The SMILES string of the molecule is CCCN(CCC(=O)N1CCNCC1)C1CCS(=O)(=O)C1.Cl. The van der Waals surface area contributed by atoms with E-state index >= 15 is 0 Å². The highest BCUT2D eigenvalue weighted by Crippen LogP contribution is 2.18. The van der Waals surface area contributed by atoms with Crippen LogP contribution >= 0.6 is 12.4 Å². The molecule has 0 radical (unpaired) electrons. The highest BCUT2D eigenvalue weighted by atomic mass is 35.5. The molecule has 0 aromatic rings. The first-order valence-corrected chi connectivity index (χ1v) is 9.77. The molecule has 0 bridgehead atoms. The van der Waals surface area contributed by atoms with Crippen molar-refractivity contribution in [2.24, 2.45) is 0 Å². The molecule has 130 valence electrons. The van der Waals surface area contributed by atoms with E-state index < -0.39 is 9.84 Å². The third kappa shape index (κ3) is 5.68. The van der Waals surface area contributed by atoms with Gasteiger partial charge in [0, 0.05) is 45.2 Å². The fourth-order valence-electron chi connectivity index (χ4n) is 3.14. The summed E-state index contributed by atoms with van der Waals surface area (Å²) >= 11 is 0. The Hall–Kier alpha value is -0.370. The van der Waals surface area contributed by atoms with Crippen LogP contribution in [0.1, 0.15) is 26.2 Å². The molecule has 2 rings (SSSR count). The number of amides is 1. The molecule has 0 aliphatic carbocycles. The van der Waals surface area contributed by atoms with Gasteiger partial charge in [-0.15, -0.1) is 12.4 Å². The molecule has 0 aromatic carbocycles. The van der Waals surface area contributed by atoms with Crippen LogP contribution in [-0.2, 0) is 14.6 Å². The molecule has 0 aromatic heterocycles. The van der Waals surface area contributed by atoms with Gasteiger partial charge >= 0.3 is 0 Å². The van der Waals surface area contributed by atoms with Crippen molar-refractivity contribution >= 4 is 28.2 Å². The van der Waals surface area contributed by atoms with Gasteiger partial charge in [0.1, 0.15) is 0 Å². The average molecular weight is 354 g/mol. The molecule has 1 amide bonds. The second kappa shape index (κ2) is 9.05. The first-order valence-electron chi connectivity index (χ1n) is 7.95. The van der Waals surface area contributed by atoms with Crippen molar-refractivity contribution < 1.29 is 13.2 Å². The minimum atomic E-state index is -2.86. The van der Waals surface area contributed by atoms with Gasteiger partial charge in [-0.3, -0.25) is 9.69 Å². The zero-order chi connectivity index (χ0) is 15.3. The maximum Gasteiger partial charge on any atom is 0.223 e. The van der Waals surface area contributed by atoms with Crippen LogP contribution in [0.25, 0.3) is 0 Å². The third-order valence-electron chi connectivity index (χ3n) is 4.32. The number of carbonyl (C=O) groups is 1. The van der Waals surface area contributed by atoms with Crippen LogP contribution in [0, 0.1) is 0 Å². The number of carbonyl (C=O) groups excluding carboxylic acids is 1. The predicted molar refractivity (Wildman–Crippen MR) is 90.2 cm³/mol. The number of sulfone groups is 1. The number of nitrogens with zero attached hydrogens (tertiary/aromatic N) is 2. The number of hydrogen-bond acceptors (Lipinski definition) is 5. The lowest BCUT2D eigenvalue weighted by molar-refractivity contribution is -0.132. The van der Waals surface area contributed by atoms with Gasteiger partial charge in [-0.05, 0) is 19.4 Å². The molecule has 22 heavy (non-hydrogen) atoms. The number of piperazine rings is 1. The summed E-state index contributed by atoms with van der Waals surface area (Å²) in [6.07, 6.45) is 2.19. The summed E-state index contributed by atoms with van der Waals surface area (Å²) < 4.78 is 23.3. The van der Waals surface area contributed by atoms with Gasteiger partial charge < -0.3 is 10.2 Å². The summed E-state index contributed by atoms with van der Waals surface area (Å²) in [7, 11) is -2.86. The van der Waals surface area contributed by atoms with E-state index in [0.29, 0.717) is 25.1 Å². The molecular weight excluding hydrogens is 326 g/mol. The van der Waals surface area contributed by atoms with Crippen molar-refractivity contribution in [3.05, 3.63) is 0 Å². The Labute approximate surface area is 139 Å². The lowest BCUT2D eigenvalue weighted by Gasteiger charge is -2.30. The summed E-state index contributed by atoms with van der Waals surface area (Å²) in [4.78, 5) is 16.3. The molecule has 2 aliphatic heterocycles. The fourth-order valence-corrected chi connectivity index (χ4v) is 4.90. The van der Waals surface area contributed by atoms with Gasteiger partial charge in [0.05, 0.1) is 11.5 Å². The lowest BCUT2D eigenvalue weighted by Crippen LogP contribution is -2.47. The number of halogens is 1. The van der Waals surface area contributed by atoms with E-state index in [-0.39, 0.29) is 30.1 Å². The Morgan fingerprint density at radius 2 is 1.95 bits per heavy atom. The highest BCUT2D eigenvalue weighted by molar-refractivity contribution is 7.91. The first kappa shape index (κ1) is 19.7. The largest absolute Gasteiger partial charge is 0.340 e. The maximum absolute atomic E-state index is 12.2. The Morgan fingerprint density at radius 3 is 2.50 bits per heavy atom. The molecule has 1 atom stereocenters. The Balaban J connectivity index is 0.00000242. The van der Waals surface area contributed by atoms with E-state index in [4.69, 9.17) is 0 Å². The van der Waals surface area contributed by atoms with Crippen molar-refractivity contribution in [2.45, 2.75) is 32.2 Å². The number of nitrogens with one attached hydrogen (secondary N) is 1. The first-order chi connectivity index (χ1) is 10.0. The smallest absolute Gasteiger partial charge is 0.223 e. The van der Waals surface area contributed by atoms with Gasteiger partial charge in [0.2, 0.25) is 5.91 Å². The summed E-state index contributed by atoms with van der Waals surface area (Å²) in [5.41, 5.74) is 0. The molecular formula is C14H28ClN3O3S. The van der Waals surface area contributed by atoms with Crippen molar-refractivity contribution in [1.29, 1.82) is 0 Å². The predicted octanol–water partition coefficient (Wildman–Crippen LogP) is 0.129.